The molecule has 0 aliphatic rings. The summed E-state index contributed by atoms with van der Waals surface area (Å²) in [6.07, 6.45) is 2.28. The highest BCUT2D eigenvalue weighted by molar-refractivity contribution is 5.98. The number of carbonyl (C=O) groups excluding carboxylic acids is 2. The van der Waals surface area contributed by atoms with Gasteiger partial charge in [-0.25, -0.2) is 0 Å². The Balaban J connectivity index is 2.04. The first-order chi connectivity index (χ1) is 11.5. The monoisotopic (exact) mass is 325 g/mol. The molecule has 4 nitrogen and oxygen atoms in total. The molecule has 0 aliphatic carbocycles. The standard InChI is InChI=1S/C20H23NO3/c1-5-11-21-14(3)12-18(15(21)4)20(23)13-24-17-9-7-16(8-10-17)19(22)6-2/h5,7-10,12H,1,6,11,13H2,2-4H3. The summed E-state index contributed by atoms with van der Waals surface area (Å²) in [6, 6.07) is 8.77. The van der Waals surface area contributed by atoms with Crippen LogP contribution in [0.15, 0.2) is 43.0 Å². The summed E-state index contributed by atoms with van der Waals surface area (Å²) < 4.78 is 7.61. The molecule has 0 N–H and O–H groups in total. The molecule has 0 fully saturated rings. The van der Waals surface area contributed by atoms with Crippen molar-refractivity contribution in [1.29, 1.82) is 0 Å². The molecular formula is C20H23NO3. The third-order valence-electron chi connectivity index (χ3n) is 4.05. The van der Waals surface area contributed by atoms with E-state index in [4.69, 9.17) is 4.74 Å². The van der Waals surface area contributed by atoms with Gasteiger partial charge in [0.25, 0.3) is 0 Å². The van der Waals surface area contributed by atoms with E-state index in [1.54, 1.807) is 24.3 Å². The van der Waals surface area contributed by atoms with Crippen molar-refractivity contribution in [2.45, 2.75) is 33.7 Å². The third kappa shape index (κ3) is 3.82. The molecule has 0 bridgehead atoms. The molecule has 0 unspecified atom stereocenters. The van der Waals surface area contributed by atoms with Crippen molar-refractivity contribution in [2.24, 2.45) is 0 Å². The molecule has 0 saturated carbocycles. The molecule has 0 saturated heterocycles. The maximum Gasteiger partial charge on any atom is 0.202 e. The zero-order chi connectivity index (χ0) is 17.7. The van der Waals surface area contributed by atoms with E-state index in [1.807, 2.05) is 37.5 Å². The van der Waals surface area contributed by atoms with Crippen molar-refractivity contribution in [2.75, 3.05) is 6.61 Å². The maximum atomic E-state index is 12.4. The average Bonchev–Trinajstić information content (AvgIpc) is 2.88. The fraction of sp³-hybridized carbons (Fsp3) is 0.300. The lowest BCUT2D eigenvalue weighted by Crippen LogP contribution is -2.13. The Hall–Kier alpha value is -2.62. The van der Waals surface area contributed by atoms with Gasteiger partial charge in [-0.3, -0.25) is 9.59 Å². The number of aryl methyl sites for hydroxylation is 1. The molecule has 126 valence electrons. The molecule has 1 heterocycles. The summed E-state index contributed by atoms with van der Waals surface area (Å²) in [6.45, 7) is 10.1. The Morgan fingerprint density at radius 1 is 1.17 bits per heavy atom. The summed E-state index contributed by atoms with van der Waals surface area (Å²) >= 11 is 0. The van der Waals surface area contributed by atoms with Crippen molar-refractivity contribution in [3.8, 4) is 5.75 Å². The SMILES string of the molecule is C=CCn1c(C)cc(C(=O)COc2ccc(C(=O)CC)cc2)c1C. The van der Waals surface area contributed by atoms with Crippen LogP contribution in [0.2, 0.25) is 0 Å². The summed E-state index contributed by atoms with van der Waals surface area (Å²) in [5.41, 5.74) is 3.28. The summed E-state index contributed by atoms with van der Waals surface area (Å²) in [5.74, 6) is 0.607. The number of aromatic nitrogens is 1. The van der Waals surface area contributed by atoms with E-state index in [1.165, 1.54) is 0 Å². The smallest absolute Gasteiger partial charge is 0.202 e. The van der Waals surface area contributed by atoms with Crippen LogP contribution in [0.3, 0.4) is 0 Å². The van der Waals surface area contributed by atoms with Gasteiger partial charge in [-0.05, 0) is 44.2 Å². The van der Waals surface area contributed by atoms with Crippen LogP contribution in [0.25, 0.3) is 0 Å². The predicted octanol–water partition coefficient (Wildman–Crippen LogP) is 4.15. The largest absolute Gasteiger partial charge is 0.485 e. The highest BCUT2D eigenvalue weighted by atomic mass is 16.5. The van der Waals surface area contributed by atoms with Gasteiger partial charge >= 0.3 is 0 Å². The fourth-order valence-corrected chi connectivity index (χ4v) is 2.66. The number of hydrogen-bond acceptors (Lipinski definition) is 3. The van der Waals surface area contributed by atoms with E-state index in [0.717, 1.165) is 11.4 Å². The van der Waals surface area contributed by atoms with E-state index in [9.17, 15) is 9.59 Å². The Labute approximate surface area is 142 Å². The quantitative estimate of drug-likeness (QED) is 0.541. The molecule has 2 rings (SSSR count). The normalized spacial score (nSPS) is 10.5. The number of carbonyl (C=O) groups is 2. The van der Waals surface area contributed by atoms with Crippen molar-refractivity contribution in [1.82, 2.24) is 4.57 Å². The van der Waals surface area contributed by atoms with Gasteiger partial charge in [-0.2, -0.15) is 0 Å². The molecule has 0 spiro atoms. The van der Waals surface area contributed by atoms with Gasteiger partial charge in [-0.1, -0.05) is 13.0 Å². The molecule has 0 amide bonds. The molecule has 4 heteroatoms. The van der Waals surface area contributed by atoms with Gasteiger partial charge < -0.3 is 9.30 Å². The van der Waals surface area contributed by atoms with Gasteiger partial charge in [0.1, 0.15) is 5.75 Å². The van der Waals surface area contributed by atoms with Crippen LogP contribution in [-0.2, 0) is 6.54 Å². The van der Waals surface area contributed by atoms with Crippen LogP contribution in [0, 0.1) is 13.8 Å². The minimum atomic E-state index is -0.0628. The Morgan fingerprint density at radius 3 is 2.42 bits per heavy atom. The van der Waals surface area contributed by atoms with Crippen molar-refractivity contribution in [3.05, 3.63) is 65.5 Å². The van der Waals surface area contributed by atoms with E-state index in [0.29, 0.717) is 29.8 Å². The molecular weight excluding hydrogens is 302 g/mol. The minimum absolute atomic E-state index is 0.0283. The highest BCUT2D eigenvalue weighted by Gasteiger charge is 2.15. The van der Waals surface area contributed by atoms with Gasteiger partial charge in [0.2, 0.25) is 5.78 Å². The van der Waals surface area contributed by atoms with Crippen LogP contribution in [0.1, 0.15) is 45.4 Å². The zero-order valence-electron chi connectivity index (χ0n) is 14.5. The summed E-state index contributed by atoms with van der Waals surface area (Å²) in [5, 5.41) is 0. The van der Waals surface area contributed by atoms with Crippen LogP contribution in [0.5, 0.6) is 5.75 Å². The van der Waals surface area contributed by atoms with Gasteiger partial charge in [0.05, 0.1) is 0 Å². The fourth-order valence-electron chi connectivity index (χ4n) is 2.66. The summed E-state index contributed by atoms with van der Waals surface area (Å²) in [7, 11) is 0. The second kappa shape index (κ2) is 7.77. The Morgan fingerprint density at radius 2 is 1.83 bits per heavy atom. The number of Topliss-reactive ketones (excluding diaryl/α,β-unsaturated/α-hetero) is 2. The van der Waals surface area contributed by atoms with Crippen molar-refractivity contribution >= 4 is 11.6 Å². The molecule has 1 aromatic carbocycles. The molecule has 1 aromatic heterocycles. The maximum absolute atomic E-state index is 12.4. The first-order valence-corrected chi connectivity index (χ1v) is 8.04. The topological polar surface area (TPSA) is 48.3 Å². The van der Waals surface area contributed by atoms with Crippen molar-refractivity contribution in [3.63, 3.8) is 0 Å². The number of allylic oxidation sites excluding steroid dienone is 1. The number of ether oxygens (including phenoxy) is 1. The number of rotatable bonds is 8. The van der Waals surface area contributed by atoms with Crippen LogP contribution >= 0.6 is 0 Å². The zero-order valence-corrected chi connectivity index (χ0v) is 14.5. The van der Waals surface area contributed by atoms with Crippen LogP contribution in [-0.4, -0.2) is 22.7 Å². The first kappa shape index (κ1) is 17.7. The average molecular weight is 325 g/mol. The van der Waals surface area contributed by atoms with E-state index in [-0.39, 0.29) is 18.2 Å². The molecule has 0 radical (unpaired) electrons. The lowest BCUT2D eigenvalue weighted by molar-refractivity contribution is 0.0919. The molecule has 0 aliphatic heterocycles. The predicted molar refractivity (Wildman–Crippen MR) is 95.0 cm³/mol. The minimum Gasteiger partial charge on any atom is -0.485 e. The van der Waals surface area contributed by atoms with Gasteiger partial charge in [-0.15, -0.1) is 6.58 Å². The third-order valence-corrected chi connectivity index (χ3v) is 4.05. The highest BCUT2D eigenvalue weighted by Crippen LogP contribution is 2.18. The second-order valence-electron chi connectivity index (χ2n) is 5.70. The number of hydrogen-bond donors (Lipinski definition) is 0. The van der Waals surface area contributed by atoms with E-state index in [2.05, 4.69) is 6.58 Å². The first-order valence-electron chi connectivity index (χ1n) is 8.04. The van der Waals surface area contributed by atoms with Gasteiger partial charge in [0.15, 0.2) is 12.4 Å². The lowest BCUT2D eigenvalue weighted by atomic mass is 10.1. The Kier molecular flexibility index (Phi) is 5.74. The number of benzene rings is 1. The van der Waals surface area contributed by atoms with E-state index < -0.39 is 0 Å². The van der Waals surface area contributed by atoms with Gasteiger partial charge in [0, 0.05) is 35.5 Å². The van der Waals surface area contributed by atoms with E-state index >= 15 is 0 Å². The molecule has 2 aromatic rings. The molecule has 24 heavy (non-hydrogen) atoms. The molecule has 0 atom stereocenters. The number of ketones is 2. The Bertz CT molecular complexity index is 754. The number of nitrogens with zero attached hydrogens (tertiary/aromatic N) is 1. The van der Waals surface area contributed by atoms with Crippen LogP contribution < -0.4 is 4.74 Å². The van der Waals surface area contributed by atoms with Crippen LogP contribution in [0.4, 0.5) is 0 Å². The summed E-state index contributed by atoms with van der Waals surface area (Å²) in [4.78, 5) is 24.0. The second-order valence-corrected chi connectivity index (χ2v) is 5.70. The van der Waals surface area contributed by atoms with Crippen molar-refractivity contribution < 1.29 is 14.3 Å². The lowest BCUT2D eigenvalue weighted by Gasteiger charge is -2.08.